The van der Waals surface area contributed by atoms with Crippen LogP contribution in [0.3, 0.4) is 0 Å². The van der Waals surface area contributed by atoms with Gasteiger partial charge in [0.25, 0.3) is 0 Å². The minimum atomic E-state index is -0.847. The Morgan fingerprint density at radius 2 is 1.63 bits per heavy atom. The number of methoxy groups -OCH3 is 4. The van der Waals surface area contributed by atoms with E-state index in [4.69, 9.17) is 23.4 Å². The van der Waals surface area contributed by atoms with E-state index in [1.807, 2.05) is 0 Å². The largest absolute Gasteiger partial charge is 0.502 e. The van der Waals surface area contributed by atoms with Crippen molar-refractivity contribution in [3.63, 3.8) is 0 Å². The van der Waals surface area contributed by atoms with Gasteiger partial charge in [-0.1, -0.05) is 0 Å². The number of benzene rings is 1. The highest BCUT2D eigenvalue weighted by Gasteiger charge is 2.30. The van der Waals surface area contributed by atoms with Gasteiger partial charge in [0.2, 0.25) is 11.2 Å². The van der Waals surface area contributed by atoms with Crippen molar-refractivity contribution in [2.75, 3.05) is 28.4 Å². The molecule has 1 heterocycles. The zero-order chi connectivity index (χ0) is 20.1. The van der Waals surface area contributed by atoms with Gasteiger partial charge in [-0.15, -0.1) is 0 Å². The van der Waals surface area contributed by atoms with Gasteiger partial charge >= 0.3 is 5.97 Å². The van der Waals surface area contributed by atoms with Crippen LogP contribution in [0.25, 0.3) is 0 Å². The highest BCUT2D eigenvalue weighted by Crippen LogP contribution is 2.43. The third kappa shape index (κ3) is 4.16. The first-order valence-electron chi connectivity index (χ1n) is 8.06. The van der Waals surface area contributed by atoms with E-state index in [2.05, 4.69) is 0 Å². The van der Waals surface area contributed by atoms with Crippen LogP contribution in [-0.4, -0.2) is 39.5 Å². The minimum absolute atomic E-state index is 0.0593. The van der Waals surface area contributed by atoms with Gasteiger partial charge in [0.05, 0.1) is 40.8 Å². The van der Waals surface area contributed by atoms with Gasteiger partial charge in [-0.25, -0.2) is 0 Å². The van der Waals surface area contributed by atoms with Gasteiger partial charge in [-0.2, -0.15) is 0 Å². The minimum Gasteiger partial charge on any atom is -0.502 e. The van der Waals surface area contributed by atoms with E-state index in [0.717, 1.165) is 0 Å². The summed E-state index contributed by atoms with van der Waals surface area (Å²) in [7, 11) is 5.64. The van der Waals surface area contributed by atoms with Crippen LogP contribution in [0.5, 0.6) is 23.0 Å². The Balaban J connectivity index is 2.76. The molecule has 1 unspecified atom stereocenters. The zero-order valence-corrected chi connectivity index (χ0v) is 15.8. The summed E-state index contributed by atoms with van der Waals surface area (Å²) in [6.07, 6.45) is -0.192. The normalized spacial score (nSPS) is 11.6. The van der Waals surface area contributed by atoms with E-state index in [0.29, 0.717) is 28.6 Å². The number of carbonyl (C=O) groups excluding carboxylic acids is 1. The average Bonchev–Trinajstić information content (AvgIpc) is 2.67. The molecule has 1 atom stereocenters. The lowest BCUT2D eigenvalue weighted by Gasteiger charge is -2.21. The number of aryl methyl sites for hydroxylation is 1. The Bertz CT molecular complexity index is 884. The first-order valence-corrected chi connectivity index (χ1v) is 8.06. The summed E-state index contributed by atoms with van der Waals surface area (Å²) in [5.41, 5.74) is -0.146. The van der Waals surface area contributed by atoms with Crippen LogP contribution in [0.15, 0.2) is 27.4 Å². The van der Waals surface area contributed by atoms with Crippen molar-refractivity contribution in [1.82, 2.24) is 0 Å². The second-order valence-corrected chi connectivity index (χ2v) is 5.72. The van der Waals surface area contributed by atoms with E-state index in [1.165, 1.54) is 34.5 Å². The van der Waals surface area contributed by atoms with Crippen LogP contribution in [0.4, 0.5) is 0 Å². The Morgan fingerprint density at radius 1 is 1.04 bits per heavy atom. The summed E-state index contributed by atoms with van der Waals surface area (Å²) in [5.74, 6) is -0.572. The Kier molecular flexibility index (Phi) is 6.33. The van der Waals surface area contributed by atoms with Crippen molar-refractivity contribution in [2.24, 2.45) is 0 Å². The summed E-state index contributed by atoms with van der Waals surface area (Å²) < 4.78 is 26.4. The fraction of sp³-hybridized carbons (Fsp3) is 0.368. The Labute approximate surface area is 156 Å². The third-order valence-corrected chi connectivity index (χ3v) is 4.10. The Morgan fingerprint density at radius 3 is 2.19 bits per heavy atom. The number of esters is 1. The second-order valence-electron chi connectivity index (χ2n) is 5.72. The summed E-state index contributed by atoms with van der Waals surface area (Å²) in [5, 5.41) is 10.3. The van der Waals surface area contributed by atoms with Crippen molar-refractivity contribution in [2.45, 2.75) is 19.3 Å². The molecule has 0 aliphatic heterocycles. The van der Waals surface area contributed by atoms with Crippen LogP contribution < -0.4 is 19.6 Å². The van der Waals surface area contributed by atoms with Crippen LogP contribution >= 0.6 is 0 Å². The van der Waals surface area contributed by atoms with E-state index in [1.54, 1.807) is 19.1 Å². The maximum Gasteiger partial charge on any atom is 0.306 e. The maximum atomic E-state index is 12.0. The first kappa shape index (κ1) is 20.2. The first-order chi connectivity index (χ1) is 12.9. The molecule has 0 aliphatic carbocycles. The molecule has 0 saturated carbocycles. The fourth-order valence-electron chi connectivity index (χ4n) is 2.78. The molecule has 2 rings (SSSR count). The zero-order valence-electron chi connectivity index (χ0n) is 15.8. The van der Waals surface area contributed by atoms with E-state index >= 15 is 0 Å². The molecular weight excluding hydrogens is 356 g/mol. The Hall–Kier alpha value is -3.16. The smallest absolute Gasteiger partial charge is 0.306 e. The van der Waals surface area contributed by atoms with Crippen molar-refractivity contribution in [3.05, 3.63) is 45.5 Å². The molecule has 1 aromatic carbocycles. The van der Waals surface area contributed by atoms with E-state index in [9.17, 15) is 14.7 Å². The summed E-state index contributed by atoms with van der Waals surface area (Å²) in [6.45, 7) is 1.57. The van der Waals surface area contributed by atoms with Gasteiger partial charge in [-0.05, 0) is 13.0 Å². The molecule has 1 aromatic heterocycles. The number of ether oxygens (including phenoxy) is 4. The van der Waals surface area contributed by atoms with Crippen LogP contribution in [0.2, 0.25) is 0 Å². The van der Waals surface area contributed by atoms with Gasteiger partial charge in [-0.3, -0.25) is 9.59 Å². The number of hydrogen-bond acceptors (Lipinski definition) is 8. The number of carbonyl (C=O) groups is 1. The molecule has 0 spiro atoms. The molecule has 146 valence electrons. The van der Waals surface area contributed by atoms with Crippen molar-refractivity contribution < 1.29 is 33.3 Å². The highest BCUT2D eigenvalue weighted by atomic mass is 16.5. The van der Waals surface area contributed by atoms with Crippen LogP contribution in [0, 0.1) is 6.92 Å². The van der Waals surface area contributed by atoms with E-state index in [-0.39, 0.29) is 12.2 Å². The van der Waals surface area contributed by atoms with Gasteiger partial charge in [0.15, 0.2) is 17.3 Å². The van der Waals surface area contributed by atoms with Gasteiger partial charge in [0.1, 0.15) is 11.5 Å². The molecular formula is C19H22O8. The molecule has 27 heavy (non-hydrogen) atoms. The second kappa shape index (κ2) is 8.48. The lowest BCUT2D eigenvalue weighted by Crippen LogP contribution is -2.14. The summed E-state index contributed by atoms with van der Waals surface area (Å²) >= 11 is 0. The lowest BCUT2D eigenvalue weighted by atomic mass is 9.91. The van der Waals surface area contributed by atoms with Crippen molar-refractivity contribution >= 4 is 5.97 Å². The molecule has 0 fully saturated rings. The quantitative estimate of drug-likeness (QED) is 0.732. The van der Waals surface area contributed by atoms with Crippen molar-refractivity contribution in [1.29, 1.82) is 0 Å². The number of hydrogen-bond donors (Lipinski definition) is 1. The van der Waals surface area contributed by atoms with Crippen molar-refractivity contribution in [3.8, 4) is 23.0 Å². The number of rotatable bonds is 7. The summed E-state index contributed by atoms with van der Waals surface area (Å²) in [4.78, 5) is 24.0. The lowest BCUT2D eigenvalue weighted by molar-refractivity contribution is -0.140. The fourth-order valence-corrected chi connectivity index (χ4v) is 2.78. The average molecular weight is 378 g/mol. The predicted octanol–water partition coefficient (Wildman–Crippen LogP) is 2.37. The number of aromatic hydroxyl groups is 1. The predicted molar refractivity (Wildman–Crippen MR) is 96.0 cm³/mol. The van der Waals surface area contributed by atoms with Gasteiger partial charge < -0.3 is 28.5 Å². The molecule has 2 aromatic rings. The summed E-state index contributed by atoms with van der Waals surface area (Å²) in [6, 6.07) is 4.36. The monoisotopic (exact) mass is 378 g/mol. The molecule has 0 amide bonds. The maximum absolute atomic E-state index is 12.0. The molecule has 0 bridgehead atoms. The SMILES string of the molecule is COC(=O)CC(c1cc(OC)c(OC)cc1OC)c1oc(C)cc(=O)c1O. The molecule has 0 aliphatic rings. The molecule has 8 heteroatoms. The van der Waals surface area contributed by atoms with Crippen LogP contribution in [-0.2, 0) is 9.53 Å². The molecule has 0 saturated heterocycles. The standard InChI is InChI=1S/C19H22O8/c1-10-6-13(20)18(22)19(27-10)12(8-17(21)26-5)11-7-15(24-3)16(25-4)9-14(11)23-2/h6-7,9,12,22H,8H2,1-5H3. The van der Waals surface area contributed by atoms with Crippen LogP contribution in [0.1, 0.15) is 29.4 Å². The van der Waals surface area contributed by atoms with Gasteiger partial charge in [0, 0.05) is 17.7 Å². The molecule has 8 nitrogen and oxygen atoms in total. The molecule has 0 radical (unpaired) electrons. The molecule has 1 N–H and O–H groups in total. The van der Waals surface area contributed by atoms with E-state index < -0.39 is 23.1 Å². The highest BCUT2D eigenvalue weighted by molar-refractivity contribution is 5.72. The topological polar surface area (TPSA) is 104 Å². The third-order valence-electron chi connectivity index (χ3n) is 4.10.